The summed E-state index contributed by atoms with van der Waals surface area (Å²) in [5.41, 5.74) is 5.74. The zero-order valence-electron chi connectivity index (χ0n) is 12.8. The first-order chi connectivity index (χ1) is 9.51. The molecule has 20 heavy (non-hydrogen) atoms. The van der Waals surface area contributed by atoms with Gasteiger partial charge in [-0.1, -0.05) is 6.42 Å². The molecule has 0 bridgehead atoms. The third kappa shape index (κ3) is 4.45. The second kappa shape index (κ2) is 8.21. The summed E-state index contributed by atoms with van der Waals surface area (Å²) in [6.45, 7) is 1.54. The predicted octanol–water partition coefficient (Wildman–Crippen LogP) is -0.0754. The lowest BCUT2D eigenvalue weighted by molar-refractivity contribution is -0.143. The summed E-state index contributed by atoms with van der Waals surface area (Å²) in [7, 11) is 4.98. The van der Waals surface area contributed by atoms with Crippen molar-refractivity contribution in [2.24, 2.45) is 17.6 Å². The van der Waals surface area contributed by atoms with Gasteiger partial charge in [-0.15, -0.1) is 0 Å². The van der Waals surface area contributed by atoms with Crippen LogP contribution in [0.3, 0.4) is 0 Å². The van der Waals surface area contributed by atoms with E-state index in [4.69, 9.17) is 10.5 Å². The first kappa shape index (κ1) is 16.9. The largest absolute Gasteiger partial charge is 0.383 e. The van der Waals surface area contributed by atoms with E-state index >= 15 is 0 Å². The van der Waals surface area contributed by atoms with Gasteiger partial charge in [0.05, 0.1) is 13.2 Å². The van der Waals surface area contributed by atoms with E-state index in [1.54, 1.807) is 26.1 Å². The summed E-state index contributed by atoms with van der Waals surface area (Å²) < 4.78 is 5.04. The van der Waals surface area contributed by atoms with E-state index in [9.17, 15) is 9.59 Å². The highest BCUT2D eigenvalue weighted by atomic mass is 16.5. The Morgan fingerprint density at radius 1 is 1.30 bits per heavy atom. The molecule has 6 heteroatoms. The maximum Gasteiger partial charge on any atom is 0.241 e. The van der Waals surface area contributed by atoms with E-state index in [1.165, 1.54) is 4.90 Å². The molecule has 0 aromatic carbocycles. The average molecular weight is 285 g/mol. The van der Waals surface area contributed by atoms with Crippen molar-refractivity contribution in [3.63, 3.8) is 0 Å². The van der Waals surface area contributed by atoms with Crippen LogP contribution >= 0.6 is 0 Å². The summed E-state index contributed by atoms with van der Waals surface area (Å²) >= 11 is 0. The monoisotopic (exact) mass is 285 g/mol. The molecule has 0 aromatic heterocycles. The van der Waals surface area contributed by atoms with E-state index in [-0.39, 0.29) is 30.2 Å². The molecule has 2 N–H and O–H groups in total. The van der Waals surface area contributed by atoms with Gasteiger partial charge in [-0.05, 0) is 25.3 Å². The molecule has 0 saturated heterocycles. The van der Waals surface area contributed by atoms with Gasteiger partial charge in [0, 0.05) is 33.7 Å². The Bertz CT molecular complexity index is 334. The fraction of sp³-hybridized carbons (Fsp3) is 0.857. The molecular formula is C14H27N3O3. The molecule has 2 amide bonds. The Labute approximate surface area is 121 Å². The van der Waals surface area contributed by atoms with Crippen molar-refractivity contribution in [3.05, 3.63) is 0 Å². The van der Waals surface area contributed by atoms with Crippen molar-refractivity contribution in [2.75, 3.05) is 47.4 Å². The summed E-state index contributed by atoms with van der Waals surface area (Å²) in [5, 5.41) is 0. The van der Waals surface area contributed by atoms with Crippen molar-refractivity contribution in [2.45, 2.75) is 19.3 Å². The number of methoxy groups -OCH3 is 1. The molecule has 0 unspecified atom stereocenters. The van der Waals surface area contributed by atoms with Gasteiger partial charge in [0.2, 0.25) is 11.8 Å². The molecule has 0 spiro atoms. The first-order valence-corrected chi connectivity index (χ1v) is 7.19. The highest BCUT2D eigenvalue weighted by molar-refractivity contribution is 5.86. The van der Waals surface area contributed by atoms with E-state index in [1.807, 2.05) is 0 Å². The lowest BCUT2D eigenvalue weighted by Crippen LogP contribution is -2.45. The highest BCUT2D eigenvalue weighted by Gasteiger charge is 2.35. The van der Waals surface area contributed by atoms with Gasteiger partial charge in [0.1, 0.15) is 0 Å². The van der Waals surface area contributed by atoms with Crippen LogP contribution in [0.4, 0.5) is 0 Å². The number of nitrogens with two attached hydrogens (primary N) is 1. The van der Waals surface area contributed by atoms with Crippen molar-refractivity contribution in [1.82, 2.24) is 9.80 Å². The number of carbonyl (C=O) groups excluding carboxylic acids is 2. The fourth-order valence-corrected chi connectivity index (χ4v) is 2.65. The maximum absolute atomic E-state index is 12.6. The molecule has 0 heterocycles. The number of amides is 2. The fourth-order valence-electron chi connectivity index (χ4n) is 2.65. The van der Waals surface area contributed by atoms with E-state index < -0.39 is 0 Å². The number of ether oxygens (including phenoxy) is 1. The van der Waals surface area contributed by atoms with Crippen LogP contribution in [-0.2, 0) is 14.3 Å². The number of nitrogens with zero attached hydrogens (tertiary/aromatic N) is 2. The Morgan fingerprint density at radius 2 is 2.00 bits per heavy atom. The van der Waals surface area contributed by atoms with Crippen LogP contribution < -0.4 is 5.73 Å². The van der Waals surface area contributed by atoms with Crippen LogP contribution in [0.15, 0.2) is 0 Å². The Morgan fingerprint density at radius 3 is 2.55 bits per heavy atom. The normalized spacial score (nSPS) is 21.8. The molecule has 0 radical (unpaired) electrons. The molecule has 2 atom stereocenters. The third-order valence-electron chi connectivity index (χ3n) is 3.98. The number of rotatable bonds is 7. The minimum Gasteiger partial charge on any atom is -0.383 e. The first-order valence-electron chi connectivity index (χ1n) is 7.19. The molecule has 0 aliphatic heterocycles. The molecule has 1 fully saturated rings. The highest BCUT2D eigenvalue weighted by Crippen LogP contribution is 2.32. The maximum atomic E-state index is 12.6. The lowest BCUT2D eigenvalue weighted by Gasteiger charge is -2.28. The van der Waals surface area contributed by atoms with Gasteiger partial charge in [0.15, 0.2) is 0 Å². The molecular weight excluding hydrogens is 258 g/mol. The lowest BCUT2D eigenvalue weighted by atomic mass is 9.94. The van der Waals surface area contributed by atoms with E-state index in [0.29, 0.717) is 19.7 Å². The number of hydrogen-bond acceptors (Lipinski definition) is 4. The van der Waals surface area contributed by atoms with Crippen molar-refractivity contribution in [1.29, 1.82) is 0 Å². The Kier molecular flexibility index (Phi) is 6.95. The van der Waals surface area contributed by atoms with Gasteiger partial charge in [-0.2, -0.15) is 0 Å². The van der Waals surface area contributed by atoms with Crippen molar-refractivity contribution < 1.29 is 14.3 Å². The van der Waals surface area contributed by atoms with Crippen LogP contribution in [-0.4, -0.2) is 69.1 Å². The SMILES string of the molecule is COCCN(CC(=O)N(C)C)C(=O)[C@@H]1CCC[C@@H]1CN. The molecule has 1 rings (SSSR count). The van der Waals surface area contributed by atoms with Crippen molar-refractivity contribution in [3.8, 4) is 0 Å². The zero-order chi connectivity index (χ0) is 15.1. The zero-order valence-corrected chi connectivity index (χ0v) is 12.8. The minimum atomic E-state index is -0.0725. The summed E-state index contributed by atoms with van der Waals surface area (Å²) in [6.07, 6.45) is 2.92. The number of likely N-dealkylation sites (N-methyl/N-ethyl adjacent to an activating group) is 1. The van der Waals surface area contributed by atoms with Gasteiger partial charge in [-0.3, -0.25) is 9.59 Å². The van der Waals surface area contributed by atoms with Crippen LogP contribution in [0.5, 0.6) is 0 Å². The van der Waals surface area contributed by atoms with Gasteiger partial charge in [0.25, 0.3) is 0 Å². The summed E-state index contributed by atoms with van der Waals surface area (Å²) in [4.78, 5) is 27.6. The molecule has 0 aromatic rings. The Hall–Kier alpha value is -1.14. The van der Waals surface area contributed by atoms with Crippen LogP contribution in [0.1, 0.15) is 19.3 Å². The number of carbonyl (C=O) groups is 2. The van der Waals surface area contributed by atoms with Crippen molar-refractivity contribution >= 4 is 11.8 Å². The number of hydrogen-bond donors (Lipinski definition) is 1. The quantitative estimate of drug-likeness (QED) is 0.710. The Balaban J connectivity index is 2.70. The van der Waals surface area contributed by atoms with Crippen LogP contribution in [0, 0.1) is 11.8 Å². The predicted molar refractivity (Wildman–Crippen MR) is 77.0 cm³/mol. The van der Waals surface area contributed by atoms with Gasteiger partial charge < -0.3 is 20.3 Å². The second-order valence-corrected chi connectivity index (χ2v) is 5.57. The van der Waals surface area contributed by atoms with Gasteiger partial charge in [-0.25, -0.2) is 0 Å². The van der Waals surface area contributed by atoms with E-state index in [0.717, 1.165) is 19.3 Å². The van der Waals surface area contributed by atoms with Gasteiger partial charge >= 0.3 is 0 Å². The molecule has 116 valence electrons. The standard InChI is InChI=1S/C14H27N3O3/c1-16(2)13(18)10-17(7-8-20-3)14(19)12-6-4-5-11(12)9-15/h11-12H,4-10,15H2,1-3H3/t11-,12-/m1/s1. The minimum absolute atomic E-state index is 0.0354. The smallest absolute Gasteiger partial charge is 0.241 e. The van der Waals surface area contributed by atoms with E-state index in [2.05, 4.69) is 0 Å². The molecule has 1 aliphatic rings. The third-order valence-corrected chi connectivity index (χ3v) is 3.98. The van der Waals surface area contributed by atoms with Crippen LogP contribution in [0.25, 0.3) is 0 Å². The molecule has 6 nitrogen and oxygen atoms in total. The molecule has 1 aliphatic carbocycles. The average Bonchev–Trinajstić information content (AvgIpc) is 2.90. The summed E-state index contributed by atoms with van der Waals surface area (Å²) in [6, 6.07) is 0. The second-order valence-electron chi connectivity index (χ2n) is 5.57. The topological polar surface area (TPSA) is 75.9 Å². The van der Waals surface area contributed by atoms with Crippen LogP contribution in [0.2, 0.25) is 0 Å². The summed E-state index contributed by atoms with van der Waals surface area (Å²) in [5.74, 6) is 0.191. The molecule has 1 saturated carbocycles.